The van der Waals surface area contributed by atoms with Crippen LogP contribution in [0.15, 0.2) is 24.3 Å². The summed E-state index contributed by atoms with van der Waals surface area (Å²) < 4.78 is 0. The molecule has 1 atom stereocenters. The van der Waals surface area contributed by atoms with Gasteiger partial charge in [0.15, 0.2) is 5.82 Å². The van der Waals surface area contributed by atoms with Gasteiger partial charge in [-0.1, -0.05) is 17.3 Å². The lowest BCUT2D eigenvalue weighted by molar-refractivity contribution is 0.0954. The first-order valence-electron chi connectivity index (χ1n) is 7.61. The number of hydrogen-bond donors (Lipinski definition) is 3. The van der Waals surface area contributed by atoms with E-state index in [4.69, 9.17) is 0 Å². The number of nitrogens with zero attached hydrogens (tertiary/aromatic N) is 3. The van der Waals surface area contributed by atoms with Gasteiger partial charge in [-0.2, -0.15) is 5.21 Å². The zero-order chi connectivity index (χ0) is 15.2. The summed E-state index contributed by atoms with van der Waals surface area (Å²) in [5.41, 5.74) is 1.97. The molecule has 1 aliphatic heterocycles. The Morgan fingerprint density at radius 3 is 2.86 bits per heavy atom. The van der Waals surface area contributed by atoms with Gasteiger partial charge in [0.05, 0.1) is 0 Å². The number of carbonyl (C=O) groups is 1. The fraction of sp³-hybridized carbons (Fsp3) is 0.467. The third kappa shape index (κ3) is 3.88. The number of nitrogens with one attached hydrogen (secondary N) is 3. The topological polar surface area (TPSA) is 95.6 Å². The summed E-state index contributed by atoms with van der Waals surface area (Å²) in [6.45, 7) is 2.71. The van der Waals surface area contributed by atoms with E-state index >= 15 is 0 Å². The number of aromatic nitrogens is 4. The van der Waals surface area contributed by atoms with Crippen LogP contribution in [0.5, 0.6) is 0 Å². The van der Waals surface area contributed by atoms with Crippen LogP contribution < -0.4 is 10.6 Å². The molecule has 0 saturated carbocycles. The number of benzene rings is 1. The van der Waals surface area contributed by atoms with Crippen LogP contribution in [0.2, 0.25) is 0 Å². The Balaban J connectivity index is 1.47. The van der Waals surface area contributed by atoms with Crippen molar-refractivity contribution in [2.75, 3.05) is 19.6 Å². The van der Waals surface area contributed by atoms with Crippen molar-refractivity contribution in [1.29, 1.82) is 0 Å². The van der Waals surface area contributed by atoms with Crippen molar-refractivity contribution in [3.05, 3.63) is 41.2 Å². The van der Waals surface area contributed by atoms with Crippen LogP contribution in [0.25, 0.3) is 0 Å². The molecule has 3 rings (SSSR count). The molecule has 22 heavy (non-hydrogen) atoms. The lowest BCUT2D eigenvalue weighted by atomic mass is 9.98. The lowest BCUT2D eigenvalue weighted by Crippen LogP contribution is -2.26. The molecule has 1 saturated heterocycles. The summed E-state index contributed by atoms with van der Waals surface area (Å²) in [6.07, 6.45) is 2.88. The second kappa shape index (κ2) is 7.13. The van der Waals surface area contributed by atoms with Gasteiger partial charge >= 0.3 is 0 Å². The normalized spacial score (nSPS) is 17.5. The highest BCUT2D eigenvalue weighted by atomic mass is 16.1. The minimum atomic E-state index is -0.0717. The molecule has 0 spiro atoms. The van der Waals surface area contributed by atoms with Crippen molar-refractivity contribution in [3.63, 3.8) is 0 Å². The number of tetrazole rings is 1. The van der Waals surface area contributed by atoms with Crippen LogP contribution in [0.4, 0.5) is 0 Å². The molecule has 1 aromatic heterocycles. The third-order valence-corrected chi connectivity index (χ3v) is 3.93. The van der Waals surface area contributed by atoms with Gasteiger partial charge in [-0.15, -0.1) is 10.2 Å². The van der Waals surface area contributed by atoms with Crippen molar-refractivity contribution in [3.8, 4) is 0 Å². The summed E-state index contributed by atoms with van der Waals surface area (Å²) in [5, 5.41) is 19.8. The Morgan fingerprint density at radius 2 is 2.18 bits per heavy atom. The largest absolute Gasteiger partial charge is 0.352 e. The van der Waals surface area contributed by atoms with E-state index in [9.17, 15) is 4.79 Å². The first-order chi connectivity index (χ1) is 10.8. The molecule has 1 unspecified atom stereocenters. The maximum absolute atomic E-state index is 12.0. The molecule has 116 valence electrons. The monoisotopic (exact) mass is 300 g/mol. The molecule has 7 nitrogen and oxygen atoms in total. The van der Waals surface area contributed by atoms with E-state index in [1.165, 1.54) is 12.0 Å². The lowest BCUT2D eigenvalue weighted by Gasteiger charge is -2.09. The maximum atomic E-state index is 12.0. The quantitative estimate of drug-likeness (QED) is 0.714. The molecule has 7 heteroatoms. The number of amides is 1. The van der Waals surface area contributed by atoms with Gasteiger partial charge in [-0.25, -0.2) is 0 Å². The minimum Gasteiger partial charge on any atom is -0.352 e. The molecular formula is C15H20N6O. The molecule has 1 aliphatic rings. The van der Waals surface area contributed by atoms with Crippen LogP contribution >= 0.6 is 0 Å². The molecule has 2 heterocycles. The van der Waals surface area contributed by atoms with E-state index in [0.717, 1.165) is 25.4 Å². The first kappa shape index (κ1) is 14.6. The van der Waals surface area contributed by atoms with Gasteiger partial charge in [-0.05, 0) is 49.5 Å². The number of aromatic amines is 1. The molecule has 1 aromatic carbocycles. The fourth-order valence-corrected chi connectivity index (χ4v) is 2.69. The summed E-state index contributed by atoms with van der Waals surface area (Å²) in [6, 6.07) is 7.88. The van der Waals surface area contributed by atoms with Crippen LogP contribution in [0, 0.1) is 5.92 Å². The Bertz CT molecular complexity index is 589. The van der Waals surface area contributed by atoms with Crippen molar-refractivity contribution in [2.24, 2.45) is 5.92 Å². The van der Waals surface area contributed by atoms with E-state index in [0.29, 0.717) is 24.4 Å². The van der Waals surface area contributed by atoms with Gasteiger partial charge in [0.25, 0.3) is 5.91 Å². The van der Waals surface area contributed by atoms with Gasteiger partial charge in [0.2, 0.25) is 0 Å². The highest BCUT2D eigenvalue weighted by molar-refractivity contribution is 5.94. The molecule has 0 radical (unpaired) electrons. The smallest absolute Gasteiger partial charge is 0.251 e. The van der Waals surface area contributed by atoms with E-state index in [1.807, 2.05) is 24.3 Å². The molecule has 0 aliphatic carbocycles. The molecule has 3 N–H and O–H groups in total. The standard InChI is InChI=1S/C15H20N6O/c22-15(17-8-6-14-18-20-21-19-14)13-3-1-11(2-4-13)9-12-5-7-16-10-12/h1-4,12,16H,5-10H2,(H,17,22)(H,18,19,20,21). The van der Waals surface area contributed by atoms with Gasteiger partial charge < -0.3 is 10.6 Å². The highest BCUT2D eigenvalue weighted by Gasteiger charge is 2.15. The zero-order valence-corrected chi connectivity index (χ0v) is 12.4. The Kier molecular flexibility index (Phi) is 4.75. The number of H-pyrrole nitrogens is 1. The molecule has 0 bridgehead atoms. The average molecular weight is 300 g/mol. The van der Waals surface area contributed by atoms with E-state index < -0.39 is 0 Å². The summed E-state index contributed by atoms with van der Waals surface area (Å²) in [5.74, 6) is 1.24. The van der Waals surface area contributed by atoms with Crippen molar-refractivity contribution >= 4 is 5.91 Å². The number of carbonyl (C=O) groups excluding carboxylic acids is 1. The predicted octanol–water partition coefficient (Wildman–Crippen LogP) is 0.324. The van der Waals surface area contributed by atoms with Crippen molar-refractivity contribution in [2.45, 2.75) is 19.3 Å². The SMILES string of the molecule is O=C(NCCc1nn[nH]n1)c1ccc(CC2CCNC2)cc1. The first-order valence-corrected chi connectivity index (χ1v) is 7.61. The molecular weight excluding hydrogens is 280 g/mol. The molecule has 1 amide bonds. The fourth-order valence-electron chi connectivity index (χ4n) is 2.69. The second-order valence-electron chi connectivity index (χ2n) is 5.59. The van der Waals surface area contributed by atoms with E-state index in [-0.39, 0.29) is 5.91 Å². The number of hydrogen-bond acceptors (Lipinski definition) is 5. The molecule has 1 fully saturated rings. The number of rotatable bonds is 6. The van der Waals surface area contributed by atoms with Crippen LogP contribution in [0.3, 0.4) is 0 Å². The predicted molar refractivity (Wildman–Crippen MR) is 81.3 cm³/mol. The van der Waals surface area contributed by atoms with Gasteiger partial charge in [0.1, 0.15) is 0 Å². The summed E-state index contributed by atoms with van der Waals surface area (Å²) >= 11 is 0. The van der Waals surface area contributed by atoms with Gasteiger partial charge in [-0.3, -0.25) is 4.79 Å². The minimum absolute atomic E-state index is 0.0717. The Labute approximate surface area is 128 Å². The maximum Gasteiger partial charge on any atom is 0.251 e. The Morgan fingerprint density at radius 1 is 1.32 bits per heavy atom. The Hall–Kier alpha value is -2.28. The van der Waals surface area contributed by atoms with Crippen LogP contribution in [0.1, 0.15) is 28.2 Å². The highest BCUT2D eigenvalue weighted by Crippen LogP contribution is 2.15. The van der Waals surface area contributed by atoms with Crippen molar-refractivity contribution < 1.29 is 4.79 Å². The average Bonchev–Trinajstić information content (AvgIpc) is 3.21. The van der Waals surface area contributed by atoms with Gasteiger partial charge in [0, 0.05) is 18.5 Å². The zero-order valence-electron chi connectivity index (χ0n) is 12.4. The van der Waals surface area contributed by atoms with E-state index in [1.54, 1.807) is 0 Å². The second-order valence-corrected chi connectivity index (χ2v) is 5.59. The molecule has 2 aromatic rings. The van der Waals surface area contributed by atoms with Crippen LogP contribution in [-0.4, -0.2) is 46.2 Å². The van der Waals surface area contributed by atoms with Crippen LogP contribution in [-0.2, 0) is 12.8 Å². The van der Waals surface area contributed by atoms with E-state index in [2.05, 4.69) is 31.3 Å². The van der Waals surface area contributed by atoms with Crippen molar-refractivity contribution in [1.82, 2.24) is 31.3 Å². The third-order valence-electron chi connectivity index (χ3n) is 3.93. The summed E-state index contributed by atoms with van der Waals surface area (Å²) in [7, 11) is 0. The summed E-state index contributed by atoms with van der Waals surface area (Å²) in [4.78, 5) is 12.0.